The van der Waals surface area contributed by atoms with E-state index in [1.165, 1.54) is 31.2 Å². The molecule has 8 N–H and O–H groups in total. The maximum atomic E-state index is 12.7. The first kappa shape index (κ1) is 27.9. The van der Waals surface area contributed by atoms with Crippen LogP contribution in [-0.4, -0.2) is 86.0 Å². The van der Waals surface area contributed by atoms with Crippen LogP contribution in [0.5, 0.6) is 0 Å². The van der Waals surface area contributed by atoms with Crippen LogP contribution in [0.25, 0.3) is 0 Å². The first-order valence-electron chi connectivity index (χ1n) is 10.1. The molecule has 0 aliphatic heterocycles. The van der Waals surface area contributed by atoms with Crippen LogP contribution in [0.15, 0.2) is 12.5 Å². The van der Waals surface area contributed by atoms with Crippen LogP contribution in [0.1, 0.15) is 31.9 Å². The van der Waals surface area contributed by atoms with E-state index < -0.39 is 53.8 Å². The maximum Gasteiger partial charge on any atom is 0.326 e. The number of carbonyl (C=O) groups is 5. The fourth-order valence-corrected chi connectivity index (χ4v) is 3.16. The summed E-state index contributed by atoms with van der Waals surface area (Å²) in [7, 11) is 0. The predicted octanol–water partition coefficient (Wildman–Crippen LogP) is -1.54. The van der Waals surface area contributed by atoms with Gasteiger partial charge in [-0.05, 0) is 31.8 Å². The zero-order chi connectivity index (χ0) is 25.0. The number of carboxylic acid groups (broad SMARTS) is 2. The van der Waals surface area contributed by atoms with Crippen molar-refractivity contribution in [1.29, 1.82) is 0 Å². The number of amides is 3. The molecule has 0 saturated carbocycles. The number of hydrogen-bond donors (Lipinski definition) is 7. The molecule has 1 aromatic heterocycles. The second-order valence-electron chi connectivity index (χ2n) is 7.29. The molecule has 0 fully saturated rings. The number of nitrogens with zero attached hydrogens (tertiary/aromatic N) is 1. The number of rotatable bonds is 15. The number of aromatic amines is 1. The number of carbonyl (C=O) groups excluding carboxylic acids is 3. The minimum absolute atomic E-state index is 0.0229. The van der Waals surface area contributed by atoms with Gasteiger partial charge < -0.3 is 36.9 Å². The predicted molar refractivity (Wildman–Crippen MR) is 119 cm³/mol. The van der Waals surface area contributed by atoms with Crippen LogP contribution in [0.4, 0.5) is 0 Å². The molecule has 0 aliphatic rings. The molecule has 33 heavy (non-hydrogen) atoms. The minimum Gasteiger partial charge on any atom is -0.481 e. The molecule has 184 valence electrons. The van der Waals surface area contributed by atoms with Gasteiger partial charge in [-0.15, -0.1) is 0 Å². The zero-order valence-corrected chi connectivity index (χ0v) is 19.2. The lowest BCUT2D eigenvalue weighted by molar-refractivity contribution is -0.142. The number of aromatic nitrogens is 2. The fourth-order valence-electron chi connectivity index (χ4n) is 2.69. The Bertz CT molecular complexity index is 820. The largest absolute Gasteiger partial charge is 0.481 e. The maximum absolute atomic E-state index is 12.7. The first-order valence-corrected chi connectivity index (χ1v) is 11.5. The van der Waals surface area contributed by atoms with E-state index in [1.807, 2.05) is 6.26 Å². The summed E-state index contributed by atoms with van der Waals surface area (Å²) in [5.41, 5.74) is 6.15. The van der Waals surface area contributed by atoms with Gasteiger partial charge in [0.05, 0.1) is 12.4 Å². The summed E-state index contributed by atoms with van der Waals surface area (Å²) in [4.78, 5) is 66.1. The summed E-state index contributed by atoms with van der Waals surface area (Å²) >= 11 is 1.44. The average Bonchev–Trinajstić information content (AvgIpc) is 3.26. The van der Waals surface area contributed by atoms with Crippen molar-refractivity contribution in [3.8, 4) is 0 Å². The van der Waals surface area contributed by atoms with Crippen molar-refractivity contribution < 1.29 is 34.2 Å². The zero-order valence-electron chi connectivity index (χ0n) is 18.4. The molecule has 1 aromatic rings. The Labute approximate surface area is 194 Å². The smallest absolute Gasteiger partial charge is 0.326 e. The topological polar surface area (TPSA) is 217 Å². The molecule has 0 radical (unpaired) electrons. The van der Waals surface area contributed by atoms with Crippen LogP contribution < -0.4 is 21.7 Å². The fraction of sp³-hybridized carbons (Fsp3) is 0.579. The lowest BCUT2D eigenvalue weighted by Gasteiger charge is -2.23. The molecule has 1 rings (SSSR count). The Hall–Kier alpha value is -3.13. The molecule has 0 aliphatic carbocycles. The van der Waals surface area contributed by atoms with Gasteiger partial charge in [-0.1, -0.05) is 0 Å². The molecule has 0 bridgehead atoms. The van der Waals surface area contributed by atoms with Crippen molar-refractivity contribution in [2.24, 2.45) is 5.73 Å². The molecule has 0 aromatic carbocycles. The molecule has 4 atom stereocenters. The standard InChI is InChI=1S/C19H30N6O7S/c1-10(23-17(29)12(20)3-4-15(26)27)16(28)24-13(5-6-33-2)18(30)25-14(19(31)32)7-11-8-21-9-22-11/h8-10,12-14H,3-7,20H2,1-2H3,(H,21,22)(H,23,29)(H,24,28)(H,25,30)(H,26,27)(H,31,32). The molecule has 0 saturated heterocycles. The Kier molecular flexibility index (Phi) is 11.9. The van der Waals surface area contributed by atoms with E-state index in [2.05, 4.69) is 25.9 Å². The summed E-state index contributed by atoms with van der Waals surface area (Å²) in [5.74, 6) is -3.88. The summed E-state index contributed by atoms with van der Waals surface area (Å²) in [6, 6.07) is -4.44. The van der Waals surface area contributed by atoms with Crippen molar-refractivity contribution >= 4 is 41.4 Å². The Morgan fingerprint density at radius 3 is 2.27 bits per heavy atom. The highest BCUT2D eigenvalue weighted by Gasteiger charge is 2.29. The third-order valence-electron chi connectivity index (χ3n) is 4.60. The number of imidazole rings is 1. The van der Waals surface area contributed by atoms with Crippen molar-refractivity contribution in [2.75, 3.05) is 12.0 Å². The van der Waals surface area contributed by atoms with Gasteiger partial charge in [0, 0.05) is 24.7 Å². The monoisotopic (exact) mass is 486 g/mol. The molecule has 4 unspecified atom stereocenters. The van der Waals surface area contributed by atoms with Gasteiger partial charge >= 0.3 is 11.9 Å². The van der Waals surface area contributed by atoms with Crippen molar-refractivity contribution in [1.82, 2.24) is 25.9 Å². The third-order valence-corrected chi connectivity index (χ3v) is 5.24. The number of hydrogen-bond acceptors (Lipinski definition) is 8. The molecular weight excluding hydrogens is 456 g/mol. The van der Waals surface area contributed by atoms with Crippen LogP contribution in [0.2, 0.25) is 0 Å². The summed E-state index contributed by atoms with van der Waals surface area (Å²) in [6.45, 7) is 1.39. The lowest BCUT2D eigenvalue weighted by atomic mass is 10.1. The Balaban J connectivity index is 2.74. The number of thioether (sulfide) groups is 1. The van der Waals surface area contributed by atoms with E-state index in [-0.39, 0.29) is 25.7 Å². The Morgan fingerprint density at radius 2 is 1.73 bits per heavy atom. The highest BCUT2D eigenvalue weighted by Crippen LogP contribution is 2.05. The highest BCUT2D eigenvalue weighted by atomic mass is 32.2. The van der Waals surface area contributed by atoms with Gasteiger partial charge in [-0.25, -0.2) is 9.78 Å². The molecule has 1 heterocycles. The summed E-state index contributed by atoms with van der Waals surface area (Å²) in [5, 5.41) is 25.4. The number of nitrogens with two attached hydrogens (primary N) is 1. The lowest BCUT2D eigenvalue weighted by Crippen LogP contribution is -2.56. The summed E-state index contributed by atoms with van der Waals surface area (Å²) < 4.78 is 0. The van der Waals surface area contributed by atoms with Crippen LogP contribution in [-0.2, 0) is 30.4 Å². The number of nitrogens with one attached hydrogen (secondary N) is 4. The van der Waals surface area contributed by atoms with E-state index >= 15 is 0 Å². The van der Waals surface area contributed by atoms with Gasteiger partial charge in [0.2, 0.25) is 17.7 Å². The van der Waals surface area contributed by atoms with E-state index in [0.29, 0.717) is 11.4 Å². The first-order chi connectivity index (χ1) is 15.5. The van der Waals surface area contributed by atoms with Gasteiger partial charge in [0.25, 0.3) is 0 Å². The number of H-pyrrole nitrogens is 1. The van der Waals surface area contributed by atoms with Crippen LogP contribution >= 0.6 is 11.8 Å². The van der Waals surface area contributed by atoms with Crippen LogP contribution in [0, 0.1) is 0 Å². The van der Waals surface area contributed by atoms with Gasteiger partial charge in [-0.3, -0.25) is 19.2 Å². The molecule has 14 heteroatoms. The van der Waals surface area contributed by atoms with Crippen molar-refractivity contribution in [3.05, 3.63) is 18.2 Å². The second-order valence-corrected chi connectivity index (χ2v) is 8.28. The van der Waals surface area contributed by atoms with Crippen molar-refractivity contribution in [3.63, 3.8) is 0 Å². The van der Waals surface area contributed by atoms with Gasteiger partial charge in [-0.2, -0.15) is 11.8 Å². The highest BCUT2D eigenvalue weighted by molar-refractivity contribution is 7.98. The number of carboxylic acids is 2. The van der Waals surface area contributed by atoms with E-state index in [9.17, 15) is 29.1 Å². The quantitative estimate of drug-likeness (QED) is 0.151. The van der Waals surface area contributed by atoms with Gasteiger partial charge in [0.15, 0.2) is 0 Å². The molecule has 3 amide bonds. The third kappa shape index (κ3) is 10.4. The summed E-state index contributed by atoms with van der Waals surface area (Å²) in [6.07, 6.45) is 4.47. The molecule has 0 spiro atoms. The molecule has 13 nitrogen and oxygen atoms in total. The Morgan fingerprint density at radius 1 is 1.06 bits per heavy atom. The van der Waals surface area contributed by atoms with E-state index in [1.54, 1.807) is 0 Å². The van der Waals surface area contributed by atoms with E-state index in [0.717, 1.165) is 0 Å². The van der Waals surface area contributed by atoms with Gasteiger partial charge in [0.1, 0.15) is 18.1 Å². The van der Waals surface area contributed by atoms with Crippen molar-refractivity contribution in [2.45, 2.75) is 56.8 Å². The molecular formula is C19H30N6O7S. The SMILES string of the molecule is CSCCC(NC(=O)C(C)NC(=O)C(N)CCC(=O)O)C(=O)NC(Cc1cnc[nH]1)C(=O)O. The van der Waals surface area contributed by atoms with E-state index in [4.69, 9.17) is 10.8 Å². The van der Waals surface area contributed by atoms with Crippen LogP contribution in [0.3, 0.4) is 0 Å². The number of aliphatic carboxylic acids is 2. The average molecular weight is 487 g/mol. The minimum atomic E-state index is -1.25. The second kappa shape index (κ2) is 14.1. The normalized spacial score (nSPS) is 14.4.